The van der Waals surface area contributed by atoms with Crippen LogP contribution in [0, 0.1) is 11.3 Å². The number of hydrogen-bond donors (Lipinski definition) is 2. The average Bonchev–Trinajstić information content (AvgIpc) is 2.29. The van der Waals surface area contributed by atoms with Crippen LogP contribution in [0.15, 0.2) is 11.6 Å². The van der Waals surface area contributed by atoms with Gasteiger partial charge in [-0.15, -0.1) is 0 Å². The normalized spacial score (nSPS) is 28.7. The lowest BCUT2D eigenvalue weighted by Crippen LogP contribution is -2.25. The second-order valence-corrected chi connectivity index (χ2v) is 3.67. The summed E-state index contributed by atoms with van der Waals surface area (Å²) in [5.41, 5.74) is 0.955. The molecule has 0 radical (unpaired) electrons. The van der Waals surface area contributed by atoms with E-state index in [0.29, 0.717) is 5.92 Å². The van der Waals surface area contributed by atoms with E-state index in [0.717, 1.165) is 6.42 Å². The Bertz CT molecular complexity index is 168. The van der Waals surface area contributed by atoms with Crippen molar-refractivity contribution in [3.05, 3.63) is 11.6 Å². The van der Waals surface area contributed by atoms with Crippen molar-refractivity contribution < 1.29 is 10.2 Å². The van der Waals surface area contributed by atoms with Crippen molar-refractivity contribution in [3.8, 4) is 0 Å². The summed E-state index contributed by atoms with van der Waals surface area (Å²) in [6.07, 6.45) is 2.89. The van der Waals surface area contributed by atoms with Crippen LogP contribution in [-0.2, 0) is 0 Å². The highest BCUT2D eigenvalue weighted by molar-refractivity contribution is 5.18. The fourth-order valence-electron chi connectivity index (χ4n) is 1.73. The maximum Gasteiger partial charge on any atom is 0.0544 e. The van der Waals surface area contributed by atoms with Gasteiger partial charge in [-0.05, 0) is 19.3 Å². The monoisotopic (exact) mass is 156 g/mol. The minimum Gasteiger partial charge on any atom is -0.395 e. The minimum absolute atomic E-state index is 0.0607. The summed E-state index contributed by atoms with van der Waals surface area (Å²) < 4.78 is 0. The Labute approximate surface area is 67.6 Å². The summed E-state index contributed by atoms with van der Waals surface area (Å²) in [5, 5.41) is 18.1. The van der Waals surface area contributed by atoms with E-state index in [1.807, 2.05) is 6.08 Å². The van der Waals surface area contributed by atoms with E-state index in [-0.39, 0.29) is 18.6 Å². The Balaban J connectivity index is 2.76. The summed E-state index contributed by atoms with van der Waals surface area (Å²) in [6.45, 7) is 4.30. The molecule has 0 aromatic carbocycles. The van der Waals surface area contributed by atoms with Crippen LogP contribution >= 0.6 is 0 Å². The molecule has 0 aromatic rings. The molecule has 64 valence electrons. The molecule has 0 fully saturated rings. The van der Waals surface area contributed by atoms with E-state index in [9.17, 15) is 0 Å². The molecule has 1 unspecified atom stereocenters. The third-order valence-electron chi connectivity index (χ3n) is 2.65. The lowest BCUT2D eigenvalue weighted by molar-refractivity contribution is 0.0873. The van der Waals surface area contributed by atoms with Crippen LogP contribution < -0.4 is 0 Å². The lowest BCUT2D eigenvalue weighted by atomic mass is 9.88. The number of hydrogen-bond acceptors (Lipinski definition) is 2. The molecule has 0 aromatic heterocycles. The molecule has 0 spiro atoms. The average molecular weight is 156 g/mol. The van der Waals surface area contributed by atoms with E-state index in [2.05, 4.69) is 13.8 Å². The Morgan fingerprint density at radius 1 is 1.55 bits per heavy atom. The number of aliphatic hydroxyl groups is 2. The molecule has 0 amide bonds. The molecule has 1 atom stereocenters. The first kappa shape index (κ1) is 8.75. The summed E-state index contributed by atoms with van der Waals surface area (Å²) in [6, 6.07) is 0. The number of allylic oxidation sites excluding steroid dienone is 1. The molecule has 0 aliphatic heterocycles. The fourth-order valence-corrected chi connectivity index (χ4v) is 1.73. The molecule has 0 bridgehead atoms. The summed E-state index contributed by atoms with van der Waals surface area (Å²) in [7, 11) is 0. The third kappa shape index (κ3) is 1.47. The number of rotatable bonds is 2. The molecule has 11 heavy (non-hydrogen) atoms. The lowest BCUT2D eigenvalue weighted by Gasteiger charge is -2.22. The van der Waals surface area contributed by atoms with Gasteiger partial charge >= 0.3 is 0 Å². The Hall–Kier alpha value is -0.340. The van der Waals surface area contributed by atoms with Gasteiger partial charge in [0.15, 0.2) is 0 Å². The van der Waals surface area contributed by atoms with Crippen molar-refractivity contribution in [3.63, 3.8) is 0 Å². The Morgan fingerprint density at radius 3 is 2.27 bits per heavy atom. The van der Waals surface area contributed by atoms with Crippen molar-refractivity contribution in [1.82, 2.24) is 0 Å². The Kier molecular flexibility index (Phi) is 2.35. The molecular formula is C9H16O2. The number of aliphatic hydroxyl groups excluding tert-OH is 2. The summed E-state index contributed by atoms with van der Waals surface area (Å²) in [5.74, 6) is 0.509. The van der Waals surface area contributed by atoms with Gasteiger partial charge in [-0.25, -0.2) is 0 Å². The summed E-state index contributed by atoms with van der Waals surface area (Å²) >= 11 is 0. The molecule has 1 rings (SSSR count). The maximum atomic E-state index is 9.05. The van der Waals surface area contributed by atoms with Gasteiger partial charge in [-0.1, -0.05) is 18.6 Å². The fraction of sp³-hybridized carbons (Fsp3) is 0.778. The molecule has 1 aliphatic carbocycles. The van der Waals surface area contributed by atoms with E-state index in [1.54, 1.807) is 0 Å². The second kappa shape index (κ2) is 2.95. The van der Waals surface area contributed by atoms with E-state index in [4.69, 9.17) is 10.2 Å². The third-order valence-corrected chi connectivity index (χ3v) is 2.65. The van der Waals surface area contributed by atoms with Gasteiger partial charge in [0.05, 0.1) is 13.2 Å². The molecule has 2 N–H and O–H groups in total. The highest BCUT2D eigenvalue weighted by Crippen LogP contribution is 2.38. The van der Waals surface area contributed by atoms with Crippen molar-refractivity contribution in [1.29, 1.82) is 0 Å². The topological polar surface area (TPSA) is 40.5 Å². The van der Waals surface area contributed by atoms with Crippen LogP contribution in [0.5, 0.6) is 0 Å². The molecular weight excluding hydrogens is 140 g/mol. The Morgan fingerprint density at radius 2 is 2.09 bits per heavy atom. The molecule has 0 heterocycles. The van der Waals surface area contributed by atoms with Crippen LogP contribution in [0.2, 0.25) is 0 Å². The van der Waals surface area contributed by atoms with Gasteiger partial charge in [0.2, 0.25) is 0 Å². The van der Waals surface area contributed by atoms with Crippen molar-refractivity contribution in [2.75, 3.05) is 13.2 Å². The minimum atomic E-state index is -0.330. The van der Waals surface area contributed by atoms with E-state index < -0.39 is 0 Å². The van der Waals surface area contributed by atoms with Crippen molar-refractivity contribution in [2.45, 2.75) is 20.3 Å². The van der Waals surface area contributed by atoms with Crippen LogP contribution in [0.1, 0.15) is 20.3 Å². The smallest absolute Gasteiger partial charge is 0.0544 e. The van der Waals surface area contributed by atoms with Crippen LogP contribution in [0.25, 0.3) is 0 Å². The van der Waals surface area contributed by atoms with E-state index in [1.165, 1.54) is 5.57 Å². The molecule has 1 aliphatic rings. The van der Waals surface area contributed by atoms with E-state index >= 15 is 0 Å². The highest BCUT2D eigenvalue weighted by atomic mass is 16.3. The van der Waals surface area contributed by atoms with Gasteiger partial charge in [0, 0.05) is 5.41 Å². The van der Waals surface area contributed by atoms with Crippen molar-refractivity contribution >= 4 is 0 Å². The van der Waals surface area contributed by atoms with Gasteiger partial charge in [0.25, 0.3) is 0 Å². The first-order chi connectivity index (χ1) is 5.13. The zero-order valence-corrected chi connectivity index (χ0v) is 7.17. The summed E-state index contributed by atoms with van der Waals surface area (Å²) in [4.78, 5) is 0. The van der Waals surface area contributed by atoms with Gasteiger partial charge in [-0.3, -0.25) is 0 Å². The maximum absolute atomic E-state index is 9.05. The van der Waals surface area contributed by atoms with Gasteiger partial charge < -0.3 is 10.2 Å². The predicted molar refractivity (Wildman–Crippen MR) is 44.1 cm³/mol. The largest absolute Gasteiger partial charge is 0.395 e. The quantitative estimate of drug-likeness (QED) is 0.584. The standard InChI is InChI=1S/C9H16O2/c1-7-3-9(5-10,6-11)4-8(7)2/h3,8,10-11H,4-6H2,1-2H3. The van der Waals surface area contributed by atoms with Gasteiger partial charge in [0.1, 0.15) is 0 Å². The first-order valence-corrected chi connectivity index (χ1v) is 4.04. The van der Waals surface area contributed by atoms with Crippen LogP contribution in [-0.4, -0.2) is 23.4 Å². The molecule has 0 saturated heterocycles. The molecule has 0 saturated carbocycles. The SMILES string of the molecule is CC1=CC(CO)(CO)CC1C. The van der Waals surface area contributed by atoms with Crippen LogP contribution in [0.3, 0.4) is 0 Å². The molecule has 2 heteroatoms. The predicted octanol–water partition coefficient (Wildman–Crippen LogP) is 0.944. The zero-order chi connectivity index (χ0) is 8.48. The molecule has 2 nitrogen and oxygen atoms in total. The highest BCUT2D eigenvalue weighted by Gasteiger charge is 2.34. The van der Waals surface area contributed by atoms with Crippen LogP contribution in [0.4, 0.5) is 0 Å². The zero-order valence-electron chi connectivity index (χ0n) is 7.17. The first-order valence-electron chi connectivity index (χ1n) is 4.04. The van der Waals surface area contributed by atoms with Gasteiger partial charge in [-0.2, -0.15) is 0 Å². The second-order valence-electron chi connectivity index (χ2n) is 3.67. The van der Waals surface area contributed by atoms with Crippen molar-refractivity contribution in [2.24, 2.45) is 11.3 Å².